The molecular weight excluding hydrogens is 314 g/mol. The zero-order valence-electron chi connectivity index (χ0n) is 15.2. The van der Waals surface area contributed by atoms with Crippen LogP contribution in [0.2, 0.25) is 0 Å². The van der Waals surface area contributed by atoms with Crippen LogP contribution >= 0.6 is 0 Å². The summed E-state index contributed by atoms with van der Waals surface area (Å²) in [4.78, 5) is 14.1. The zero-order valence-corrected chi connectivity index (χ0v) is 15.2. The molecule has 6 nitrogen and oxygen atoms in total. The SMILES string of the molecule is C=CC(=O)N(Cc1cc(C)nn1CC)c1ccn(C2CCCCC2)n1. The summed E-state index contributed by atoms with van der Waals surface area (Å²) in [7, 11) is 0. The molecule has 25 heavy (non-hydrogen) atoms. The summed E-state index contributed by atoms with van der Waals surface area (Å²) in [6.07, 6.45) is 9.49. The second kappa shape index (κ2) is 7.68. The topological polar surface area (TPSA) is 56.0 Å². The van der Waals surface area contributed by atoms with Crippen molar-refractivity contribution in [2.45, 2.75) is 65.1 Å². The second-order valence-electron chi connectivity index (χ2n) is 6.67. The van der Waals surface area contributed by atoms with Gasteiger partial charge < -0.3 is 0 Å². The van der Waals surface area contributed by atoms with Crippen molar-refractivity contribution in [3.05, 3.63) is 42.4 Å². The lowest BCUT2D eigenvalue weighted by Gasteiger charge is -2.23. The van der Waals surface area contributed by atoms with Crippen LogP contribution in [0.15, 0.2) is 31.0 Å². The third kappa shape index (κ3) is 3.83. The van der Waals surface area contributed by atoms with E-state index in [1.54, 1.807) is 4.90 Å². The fraction of sp³-hybridized carbons (Fsp3) is 0.526. The highest BCUT2D eigenvalue weighted by Gasteiger charge is 2.21. The van der Waals surface area contributed by atoms with Gasteiger partial charge >= 0.3 is 0 Å². The van der Waals surface area contributed by atoms with E-state index in [1.807, 2.05) is 41.5 Å². The number of hydrogen-bond acceptors (Lipinski definition) is 3. The van der Waals surface area contributed by atoms with E-state index in [0.29, 0.717) is 18.4 Å². The molecule has 0 radical (unpaired) electrons. The third-order valence-corrected chi connectivity index (χ3v) is 4.87. The lowest BCUT2D eigenvalue weighted by atomic mass is 9.96. The van der Waals surface area contributed by atoms with E-state index in [4.69, 9.17) is 5.10 Å². The van der Waals surface area contributed by atoms with E-state index in [2.05, 4.69) is 11.7 Å². The Bertz CT molecular complexity index is 739. The summed E-state index contributed by atoms with van der Waals surface area (Å²) in [5.74, 6) is 0.535. The standard InChI is InChI=1S/C19H27N5O/c1-4-19(25)22(14-17-13-15(3)20-23(17)5-2)18-11-12-24(21-18)16-9-7-6-8-10-16/h4,11-13,16H,1,5-10,14H2,2-3H3. The Labute approximate surface area is 149 Å². The average molecular weight is 341 g/mol. The van der Waals surface area contributed by atoms with Crippen LogP contribution in [0.25, 0.3) is 0 Å². The largest absolute Gasteiger partial charge is 0.286 e. The minimum absolute atomic E-state index is 0.143. The molecule has 6 heteroatoms. The number of carbonyl (C=O) groups is 1. The number of rotatable bonds is 6. The van der Waals surface area contributed by atoms with Gasteiger partial charge in [-0.3, -0.25) is 19.1 Å². The van der Waals surface area contributed by atoms with Crippen molar-refractivity contribution in [1.82, 2.24) is 19.6 Å². The van der Waals surface area contributed by atoms with E-state index in [-0.39, 0.29) is 5.91 Å². The molecule has 1 amide bonds. The monoisotopic (exact) mass is 341 g/mol. The smallest absolute Gasteiger partial charge is 0.251 e. The fourth-order valence-electron chi connectivity index (χ4n) is 3.57. The van der Waals surface area contributed by atoms with Crippen molar-refractivity contribution in [3.63, 3.8) is 0 Å². The summed E-state index contributed by atoms with van der Waals surface area (Å²) in [5.41, 5.74) is 1.96. The van der Waals surface area contributed by atoms with E-state index in [1.165, 1.54) is 38.2 Å². The quantitative estimate of drug-likeness (QED) is 0.754. The van der Waals surface area contributed by atoms with Gasteiger partial charge in [0.15, 0.2) is 5.82 Å². The molecule has 0 aliphatic heterocycles. The normalized spacial score (nSPS) is 15.3. The molecule has 0 bridgehead atoms. The van der Waals surface area contributed by atoms with Gasteiger partial charge in [0.05, 0.1) is 24.0 Å². The van der Waals surface area contributed by atoms with Crippen LogP contribution in [-0.2, 0) is 17.9 Å². The van der Waals surface area contributed by atoms with Gasteiger partial charge in [-0.25, -0.2) is 0 Å². The molecule has 0 N–H and O–H groups in total. The molecule has 2 aromatic heterocycles. The number of hydrogen-bond donors (Lipinski definition) is 0. The third-order valence-electron chi connectivity index (χ3n) is 4.87. The number of anilines is 1. The maximum Gasteiger partial charge on any atom is 0.251 e. The van der Waals surface area contributed by atoms with Gasteiger partial charge in [-0.15, -0.1) is 0 Å². The average Bonchev–Trinajstić information content (AvgIpc) is 3.26. The summed E-state index contributed by atoms with van der Waals surface area (Å²) in [6, 6.07) is 4.40. The van der Waals surface area contributed by atoms with Gasteiger partial charge in [-0.1, -0.05) is 25.8 Å². The first-order valence-electron chi connectivity index (χ1n) is 9.14. The molecule has 0 atom stereocenters. The number of carbonyl (C=O) groups excluding carboxylic acids is 1. The Morgan fingerprint density at radius 1 is 1.36 bits per heavy atom. The number of amides is 1. The predicted molar refractivity (Wildman–Crippen MR) is 98.4 cm³/mol. The van der Waals surface area contributed by atoms with E-state index < -0.39 is 0 Å². The van der Waals surface area contributed by atoms with E-state index in [9.17, 15) is 4.79 Å². The first-order valence-corrected chi connectivity index (χ1v) is 9.14. The Morgan fingerprint density at radius 2 is 2.12 bits per heavy atom. The van der Waals surface area contributed by atoms with E-state index >= 15 is 0 Å². The number of aryl methyl sites for hydroxylation is 2. The van der Waals surface area contributed by atoms with Crippen molar-refractivity contribution in [3.8, 4) is 0 Å². The molecule has 0 unspecified atom stereocenters. The van der Waals surface area contributed by atoms with Crippen LogP contribution in [0.3, 0.4) is 0 Å². The summed E-state index contributed by atoms with van der Waals surface area (Å²) in [6.45, 7) is 8.88. The van der Waals surface area contributed by atoms with Crippen molar-refractivity contribution in [1.29, 1.82) is 0 Å². The lowest BCUT2D eigenvalue weighted by molar-refractivity contribution is -0.114. The predicted octanol–water partition coefficient (Wildman–Crippen LogP) is 3.63. The van der Waals surface area contributed by atoms with Gasteiger partial charge in [-0.05, 0) is 38.8 Å². The molecule has 1 saturated carbocycles. The molecule has 0 spiro atoms. The Hall–Kier alpha value is -2.37. The van der Waals surface area contributed by atoms with Gasteiger partial charge in [0.1, 0.15) is 0 Å². The van der Waals surface area contributed by atoms with Crippen molar-refractivity contribution < 1.29 is 4.79 Å². The molecule has 0 saturated heterocycles. The number of nitrogens with zero attached hydrogens (tertiary/aromatic N) is 5. The number of aromatic nitrogens is 4. The Morgan fingerprint density at radius 3 is 2.80 bits per heavy atom. The fourth-order valence-corrected chi connectivity index (χ4v) is 3.57. The molecule has 1 fully saturated rings. The van der Waals surface area contributed by atoms with Gasteiger partial charge in [-0.2, -0.15) is 10.2 Å². The first kappa shape index (κ1) is 17.5. The summed E-state index contributed by atoms with van der Waals surface area (Å²) in [5, 5.41) is 9.17. The molecule has 0 aromatic carbocycles. The molecular formula is C19H27N5O. The molecule has 2 heterocycles. The van der Waals surface area contributed by atoms with Gasteiger partial charge in [0.2, 0.25) is 0 Å². The zero-order chi connectivity index (χ0) is 17.8. The minimum Gasteiger partial charge on any atom is -0.286 e. The van der Waals surface area contributed by atoms with Crippen molar-refractivity contribution in [2.75, 3.05) is 4.90 Å². The van der Waals surface area contributed by atoms with E-state index in [0.717, 1.165) is 17.9 Å². The van der Waals surface area contributed by atoms with Crippen molar-refractivity contribution in [2.24, 2.45) is 0 Å². The summed E-state index contributed by atoms with van der Waals surface area (Å²) < 4.78 is 3.96. The van der Waals surface area contributed by atoms with Crippen LogP contribution in [0.1, 0.15) is 56.5 Å². The van der Waals surface area contributed by atoms with Crippen molar-refractivity contribution >= 4 is 11.7 Å². The van der Waals surface area contributed by atoms with Gasteiger partial charge in [0, 0.05) is 18.8 Å². The second-order valence-corrected chi connectivity index (χ2v) is 6.67. The molecule has 2 aromatic rings. The Kier molecular flexibility index (Phi) is 5.36. The van der Waals surface area contributed by atoms with Crippen LogP contribution in [0, 0.1) is 6.92 Å². The van der Waals surface area contributed by atoms with Crippen LogP contribution in [0.4, 0.5) is 5.82 Å². The minimum atomic E-state index is -0.143. The highest BCUT2D eigenvalue weighted by Crippen LogP contribution is 2.28. The van der Waals surface area contributed by atoms with Gasteiger partial charge in [0.25, 0.3) is 5.91 Å². The Balaban J connectivity index is 1.84. The lowest BCUT2D eigenvalue weighted by Crippen LogP contribution is -2.30. The first-order chi connectivity index (χ1) is 12.1. The highest BCUT2D eigenvalue weighted by atomic mass is 16.2. The highest BCUT2D eigenvalue weighted by molar-refractivity contribution is 6.00. The molecule has 3 rings (SSSR count). The molecule has 1 aliphatic carbocycles. The van der Waals surface area contributed by atoms with Crippen LogP contribution in [-0.4, -0.2) is 25.5 Å². The van der Waals surface area contributed by atoms with Crippen LogP contribution < -0.4 is 4.90 Å². The maximum atomic E-state index is 12.4. The maximum absolute atomic E-state index is 12.4. The van der Waals surface area contributed by atoms with Crippen LogP contribution in [0.5, 0.6) is 0 Å². The molecule has 134 valence electrons. The summed E-state index contributed by atoms with van der Waals surface area (Å²) >= 11 is 0. The molecule has 1 aliphatic rings.